The Balaban J connectivity index is 1.67. The number of unbranched alkanes of at least 4 members (excludes halogenated alkanes) is 1. The number of carbonyl (C=O) groups is 1. The highest BCUT2D eigenvalue weighted by molar-refractivity contribution is 6.21. The van der Waals surface area contributed by atoms with Crippen molar-refractivity contribution in [2.75, 3.05) is 0 Å². The molecule has 0 aromatic heterocycles. The number of aliphatic hydroxyl groups is 2. The maximum atomic E-state index is 10.6. The minimum atomic E-state index is -0.764. The molecule has 1 fully saturated rings. The average molecular weight is 379 g/mol. The van der Waals surface area contributed by atoms with Crippen molar-refractivity contribution in [1.29, 1.82) is 0 Å². The number of hydrogen-bond acceptors (Lipinski definition) is 3. The van der Waals surface area contributed by atoms with Gasteiger partial charge in [0, 0.05) is 17.7 Å². The SMILES string of the molecule is O=C(O)CCC/C=C\CC1C(Cl)CC(O)C1c1ccc2c(c1)CCC2O. The summed E-state index contributed by atoms with van der Waals surface area (Å²) in [6, 6.07) is 6.16. The fourth-order valence-corrected chi connectivity index (χ4v) is 4.83. The Morgan fingerprint density at radius 3 is 2.85 bits per heavy atom. The van der Waals surface area contributed by atoms with Crippen molar-refractivity contribution in [2.24, 2.45) is 5.92 Å². The smallest absolute Gasteiger partial charge is 0.303 e. The summed E-state index contributed by atoms with van der Waals surface area (Å²) in [5.41, 5.74) is 3.31. The zero-order chi connectivity index (χ0) is 18.7. The summed E-state index contributed by atoms with van der Waals surface area (Å²) in [6.07, 6.45) is 7.87. The lowest BCUT2D eigenvalue weighted by molar-refractivity contribution is -0.137. The summed E-state index contributed by atoms with van der Waals surface area (Å²) in [7, 11) is 0. The van der Waals surface area contributed by atoms with E-state index in [2.05, 4.69) is 12.1 Å². The molecule has 5 unspecified atom stereocenters. The van der Waals surface area contributed by atoms with Gasteiger partial charge in [0.25, 0.3) is 0 Å². The van der Waals surface area contributed by atoms with Gasteiger partial charge in [-0.1, -0.05) is 30.4 Å². The van der Waals surface area contributed by atoms with Crippen LogP contribution >= 0.6 is 11.6 Å². The molecule has 1 aromatic rings. The molecule has 5 atom stereocenters. The third kappa shape index (κ3) is 4.30. The topological polar surface area (TPSA) is 77.8 Å². The molecular weight excluding hydrogens is 352 g/mol. The summed E-state index contributed by atoms with van der Waals surface area (Å²) in [4.78, 5) is 10.5. The molecule has 0 saturated heterocycles. The first-order valence-corrected chi connectivity index (χ1v) is 9.90. The Labute approximate surface area is 159 Å². The van der Waals surface area contributed by atoms with Crippen LogP contribution in [0.4, 0.5) is 0 Å². The van der Waals surface area contributed by atoms with Crippen LogP contribution in [-0.2, 0) is 11.2 Å². The number of benzene rings is 1. The molecule has 142 valence electrons. The molecule has 1 aromatic carbocycles. The van der Waals surface area contributed by atoms with Crippen LogP contribution in [0.1, 0.15) is 67.2 Å². The molecule has 26 heavy (non-hydrogen) atoms. The lowest BCUT2D eigenvalue weighted by Gasteiger charge is -2.23. The van der Waals surface area contributed by atoms with Crippen molar-refractivity contribution >= 4 is 17.6 Å². The van der Waals surface area contributed by atoms with Gasteiger partial charge in [0.2, 0.25) is 0 Å². The molecule has 0 heterocycles. The third-order valence-corrected chi connectivity index (χ3v) is 6.24. The molecule has 3 rings (SSSR count). The fourth-order valence-electron chi connectivity index (χ4n) is 4.39. The Morgan fingerprint density at radius 2 is 2.08 bits per heavy atom. The first-order chi connectivity index (χ1) is 12.5. The van der Waals surface area contributed by atoms with Gasteiger partial charge >= 0.3 is 5.97 Å². The van der Waals surface area contributed by atoms with Crippen LogP contribution in [0.2, 0.25) is 0 Å². The van der Waals surface area contributed by atoms with Crippen molar-refractivity contribution in [3.63, 3.8) is 0 Å². The Kier molecular flexibility index (Phi) is 6.38. The summed E-state index contributed by atoms with van der Waals surface area (Å²) in [5, 5.41) is 29.1. The summed E-state index contributed by atoms with van der Waals surface area (Å²) >= 11 is 6.53. The molecule has 2 aliphatic carbocycles. The van der Waals surface area contributed by atoms with Gasteiger partial charge in [0.15, 0.2) is 0 Å². The van der Waals surface area contributed by atoms with E-state index in [1.54, 1.807) is 0 Å². The predicted octanol–water partition coefficient (Wildman–Crippen LogP) is 3.94. The number of alkyl halides is 1. The van der Waals surface area contributed by atoms with Gasteiger partial charge in [-0.15, -0.1) is 11.6 Å². The first-order valence-electron chi connectivity index (χ1n) is 9.47. The standard InChI is InChI=1S/C21H27ClO4/c22-17-12-19(24)21(16(17)5-3-1-2-4-6-20(25)26)14-7-9-15-13(11-14)8-10-18(15)23/h1,3,7,9,11,16-19,21,23-24H,2,4-6,8,10,12H2,(H,25,26)/b3-1-. The van der Waals surface area contributed by atoms with E-state index in [1.165, 1.54) is 5.56 Å². The lowest BCUT2D eigenvalue weighted by atomic mass is 9.84. The van der Waals surface area contributed by atoms with Gasteiger partial charge in [0.1, 0.15) is 0 Å². The number of carboxylic acids is 1. The zero-order valence-electron chi connectivity index (χ0n) is 14.9. The molecule has 4 nitrogen and oxygen atoms in total. The second-order valence-electron chi connectivity index (χ2n) is 7.51. The average Bonchev–Trinajstić information content (AvgIpc) is 3.10. The minimum absolute atomic E-state index is 0.00390. The van der Waals surface area contributed by atoms with E-state index in [4.69, 9.17) is 16.7 Å². The van der Waals surface area contributed by atoms with Crippen LogP contribution in [-0.4, -0.2) is 32.8 Å². The van der Waals surface area contributed by atoms with Crippen LogP contribution in [0.15, 0.2) is 30.4 Å². The number of aliphatic carboxylic acids is 1. The van der Waals surface area contributed by atoms with Gasteiger partial charge in [-0.05, 0) is 61.1 Å². The van der Waals surface area contributed by atoms with Crippen LogP contribution < -0.4 is 0 Å². The van der Waals surface area contributed by atoms with E-state index in [1.807, 2.05) is 18.2 Å². The highest BCUT2D eigenvalue weighted by atomic mass is 35.5. The highest BCUT2D eigenvalue weighted by Crippen LogP contribution is 2.46. The molecule has 5 heteroatoms. The highest BCUT2D eigenvalue weighted by Gasteiger charge is 2.42. The number of rotatable bonds is 7. The largest absolute Gasteiger partial charge is 0.481 e. The van der Waals surface area contributed by atoms with E-state index >= 15 is 0 Å². The Morgan fingerprint density at radius 1 is 1.27 bits per heavy atom. The predicted molar refractivity (Wildman–Crippen MR) is 101 cm³/mol. The third-order valence-electron chi connectivity index (χ3n) is 5.74. The van der Waals surface area contributed by atoms with Crippen LogP contribution in [0.25, 0.3) is 0 Å². The van der Waals surface area contributed by atoms with Crippen molar-refractivity contribution in [3.8, 4) is 0 Å². The van der Waals surface area contributed by atoms with Gasteiger partial charge < -0.3 is 15.3 Å². The number of hydrogen-bond donors (Lipinski definition) is 3. The van der Waals surface area contributed by atoms with Gasteiger partial charge in [-0.3, -0.25) is 4.79 Å². The fraction of sp³-hybridized carbons (Fsp3) is 0.571. The molecule has 2 aliphatic rings. The van der Waals surface area contributed by atoms with Gasteiger partial charge in [-0.2, -0.15) is 0 Å². The second-order valence-corrected chi connectivity index (χ2v) is 8.08. The quantitative estimate of drug-likeness (QED) is 0.381. The van der Waals surface area contributed by atoms with Crippen LogP contribution in [0, 0.1) is 5.92 Å². The van der Waals surface area contributed by atoms with Crippen molar-refractivity contribution in [3.05, 3.63) is 47.0 Å². The number of allylic oxidation sites excluding steroid dienone is 2. The van der Waals surface area contributed by atoms with Crippen molar-refractivity contribution in [2.45, 2.75) is 68.4 Å². The maximum Gasteiger partial charge on any atom is 0.303 e. The summed E-state index contributed by atoms with van der Waals surface area (Å²) in [5.74, 6) is -0.601. The van der Waals surface area contributed by atoms with Crippen molar-refractivity contribution < 1.29 is 20.1 Å². The minimum Gasteiger partial charge on any atom is -0.481 e. The number of halogens is 1. The molecule has 0 aliphatic heterocycles. The van der Waals surface area contributed by atoms with Gasteiger partial charge in [-0.25, -0.2) is 0 Å². The monoisotopic (exact) mass is 378 g/mol. The first kappa shape index (κ1) is 19.4. The van der Waals surface area contributed by atoms with Gasteiger partial charge in [0.05, 0.1) is 12.2 Å². The molecule has 3 N–H and O–H groups in total. The Hall–Kier alpha value is -1.36. The molecule has 1 saturated carbocycles. The summed E-state index contributed by atoms with van der Waals surface area (Å²) < 4.78 is 0. The lowest BCUT2D eigenvalue weighted by Crippen LogP contribution is -2.18. The molecule has 0 radical (unpaired) electrons. The van der Waals surface area contributed by atoms with E-state index < -0.39 is 12.1 Å². The second kappa shape index (κ2) is 8.55. The van der Waals surface area contributed by atoms with Crippen LogP contribution in [0.3, 0.4) is 0 Å². The normalized spacial score (nSPS) is 30.8. The van der Waals surface area contributed by atoms with Crippen molar-refractivity contribution in [1.82, 2.24) is 0 Å². The maximum absolute atomic E-state index is 10.6. The van der Waals surface area contributed by atoms with Crippen LogP contribution in [0.5, 0.6) is 0 Å². The zero-order valence-corrected chi connectivity index (χ0v) is 15.6. The van der Waals surface area contributed by atoms with E-state index in [0.717, 1.165) is 36.8 Å². The molecule has 0 spiro atoms. The number of fused-ring (bicyclic) bond motifs is 1. The number of aryl methyl sites for hydroxylation is 1. The summed E-state index contributed by atoms with van der Waals surface area (Å²) in [6.45, 7) is 0. The van der Waals surface area contributed by atoms with E-state index in [-0.39, 0.29) is 29.7 Å². The molecule has 0 amide bonds. The van der Waals surface area contributed by atoms with E-state index in [0.29, 0.717) is 12.8 Å². The molecule has 0 bridgehead atoms. The number of carboxylic acid groups (broad SMARTS) is 1. The van der Waals surface area contributed by atoms with E-state index in [9.17, 15) is 15.0 Å². The molecular formula is C21H27ClO4. The number of aliphatic hydroxyl groups excluding tert-OH is 2. The Bertz CT molecular complexity index is 672.